The van der Waals surface area contributed by atoms with Gasteiger partial charge >= 0.3 is 0 Å². The van der Waals surface area contributed by atoms with Crippen LogP contribution in [0.2, 0.25) is 0 Å². The number of ether oxygens (including phenoxy) is 1. The summed E-state index contributed by atoms with van der Waals surface area (Å²) in [5.41, 5.74) is 0.306. The molecular weight excluding hydrogens is 150 g/mol. The number of hydrogen-bond acceptors (Lipinski definition) is 1. The normalized spacial score (nSPS) is 27.8. The molecule has 0 aliphatic carbocycles. The van der Waals surface area contributed by atoms with Crippen LogP contribution in [0.5, 0.6) is 5.75 Å². The van der Waals surface area contributed by atoms with Gasteiger partial charge in [0.05, 0.1) is 0 Å². The fraction of sp³-hybridized carbons (Fsp3) is 0.250. The van der Waals surface area contributed by atoms with Crippen molar-refractivity contribution in [3.63, 3.8) is 0 Å². The zero-order chi connectivity index (χ0) is 7.84. The first-order valence-corrected chi connectivity index (χ1v) is 3.33. The van der Waals surface area contributed by atoms with Crippen LogP contribution in [0.4, 0.5) is 8.78 Å². The smallest absolute Gasteiger partial charge is 0.273 e. The van der Waals surface area contributed by atoms with Crippen molar-refractivity contribution in [2.24, 2.45) is 0 Å². The van der Waals surface area contributed by atoms with Crippen molar-refractivity contribution in [1.29, 1.82) is 0 Å². The first kappa shape index (κ1) is 6.58. The summed E-state index contributed by atoms with van der Waals surface area (Å²) in [5, 5.41) is 0. The van der Waals surface area contributed by atoms with Crippen molar-refractivity contribution in [2.75, 3.05) is 0 Å². The van der Waals surface area contributed by atoms with Crippen molar-refractivity contribution in [3.8, 4) is 5.75 Å². The zero-order valence-electron chi connectivity index (χ0n) is 5.63. The molecule has 0 radical (unpaired) electrons. The molecule has 0 spiro atoms. The molecule has 3 heteroatoms. The Hall–Kier alpha value is -1.12. The van der Waals surface area contributed by atoms with Crippen molar-refractivity contribution < 1.29 is 13.5 Å². The minimum Gasteiger partial charge on any atom is -0.456 e. The van der Waals surface area contributed by atoms with E-state index in [4.69, 9.17) is 0 Å². The molecule has 0 saturated heterocycles. The minimum atomic E-state index is -1.83. The Kier molecular flexibility index (Phi) is 1.31. The van der Waals surface area contributed by atoms with Gasteiger partial charge in [0.2, 0.25) is 0 Å². The Morgan fingerprint density at radius 1 is 1.18 bits per heavy atom. The fourth-order valence-corrected chi connectivity index (χ4v) is 1.14. The van der Waals surface area contributed by atoms with E-state index in [2.05, 4.69) is 4.74 Å². The molecule has 2 atom stereocenters. The highest BCUT2D eigenvalue weighted by atomic mass is 19.2. The van der Waals surface area contributed by atoms with E-state index in [1.807, 2.05) is 0 Å². The highest BCUT2D eigenvalue weighted by molar-refractivity contribution is 5.38. The van der Waals surface area contributed by atoms with Crippen LogP contribution in [0, 0.1) is 0 Å². The lowest BCUT2D eigenvalue weighted by molar-refractivity contribution is 0.0216. The maximum atomic E-state index is 12.8. The Bertz CT molecular complexity index is 275. The van der Waals surface area contributed by atoms with Gasteiger partial charge in [-0.15, -0.1) is 0 Å². The summed E-state index contributed by atoms with van der Waals surface area (Å²) in [7, 11) is 0. The number of halogens is 2. The van der Waals surface area contributed by atoms with Gasteiger partial charge in [0, 0.05) is 5.56 Å². The van der Waals surface area contributed by atoms with Crippen LogP contribution in [0.15, 0.2) is 24.3 Å². The van der Waals surface area contributed by atoms with E-state index in [-0.39, 0.29) is 0 Å². The second-order valence-corrected chi connectivity index (χ2v) is 2.41. The van der Waals surface area contributed by atoms with Gasteiger partial charge in [0.15, 0.2) is 6.17 Å². The molecule has 1 aromatic rings. The lowest BCUT2D eigenvalue weighted by Crippen LogP contribution is -2.07. The van der Waals surface area contributed by atoms with E-state index in [0.29, 0.717) is 11.3 Å². The summed E-state index contributed by atoms with van der Waals surface area (Å²) >= 11 is 0. The highest BCUT2D eigenvalue weighted by Gasteiger charge is 2.33. The van der Waals surface area contributed by atoms with Crippen molar-refractivity contribution in [1.82, 2.24) is 0 Å². The van der Waals surface area contributed by atoms with Crippen LogP contribution in [-0.4, -0.2) is 6.36 Å². The lowest BCUT2D eigenvalue weighted by atomic mass is 10.1. The summed E-state index contributed by atoms with van der Waals surface area (Å²) in [6.45, 7) is 0. The van der Waals surface area contributed by atoms with E-state index in [9.17, 15) is 8.78 Å². The average molecular weight is 156 g/mol. The van der Waals surface area contributed by atoms with Gasteiger partial charge in [-0.3, -0.25) is 0 Å². The second kappa shape index (κ2) is 2.19. The van der Waals surface area contributed by atoms with Crippen LogP contribution in [-0.2, 0) is 0 Å². The molecule has 0 fully saturated rings. The maximum Gasteiger partial charge on any atom is 0.273 e. The Morgan fingerprint density at radius 2 is 1.91 bits per heavy atom. The molecule has 1 aliphatic rings. The first-order valence-electron chi connectivity index (χ1n) is 3.33. The van der Waals surface area contributed by atoms with E-state index >= 15 is 0 Å². The number of rotatable bonds is 0. The molecule has 2 rings (SSSR count). The summed E-state index contributed by atoms with van der Waals surface area (Å²) in [4.78, 5) is 0. The number of fused-ring (bicyclic) bond motifs is 1. The first-order chi connectivity index (χ1) is 5.29. The van der Waals surface area contributed by atoms with Crippen molar-refractivity contribution >= 4 is 0 Å². The fourth-order valence-electron chi connectivity index (χ4n) is 1.14. The quantitative estimate of drug-likeness (QED) is 0.560. The molecule has 0 N–H and O–H groups in total. The predicted octanol–water partition coefficient (Wildman–Crippen LogP) is 2.39. The SMILES string of the molecule is F[C@@H]1c2ccccc2O[C@@H]1F. The monoisotopic (exact) mass is 156 g/mol. The molecule has 0 bridgehead atoms. The van der Waals surface area contributed by atoms with Gasteiger partial charge in [-0.05, 0) is 6.07 Å². The summed E-state index contributed by atoms with van der Waals surface area (Å²) in [5.74, 6) is 0.313. The van der Waals surface area contributed by atoms with Crippen molar-refractivity contribution in [2.45, 2.75) is 12.5 Å². The Labute approximate surface area is 62.6 Å². The molecule has 0 aromatic heterocycles. The number of benzene rings is 1. The zero-order valence-corrected chi connectivity index (χ0v) is 5.63. The Balaban J connectivity index is 2.47. The number of hydrogen-bond donors (Lipinski definition) is 0. The third-order valence-electron chi connectivity index (χ3n) is 1.69. The summed E-state index contributed by atoms with van der Waals surface area (Å²) in [6.07, 6.45) is -3.45. The number of para-hydroxylation sites is 1. The van der Waals surface area contributed by atoms with Crippen LogP contribution >= 0.6 is 0 Å². The van der Waals surface area contributed by atoms with Crippen molar-refractivity contribution in [3.05, 3.63) is 29.8 Å². The van der Waals surface area contributed by atoms with Gasteiger partial charge in [-0.1, -0.05) is 18.2 Å². The molecule has 1 heterocycles. The largest absolute Gasteiger partial charge is 0.456 e. The second-order valence-electron chi connectivity index (χ2n) is 2.41. The summed E-state index contributed by atoms with van der Waals surface area (Å²) < 4.78 is 29.9. The lowest BCUT2D eigenvalue weighted by Gasteiger charge is -1.99. The van der Waals surface area contributed by atoms with Gasteiger partial charge in [0.1, 0.15) is 5.75 Å². The molecule has 58 valence electrons. The molecule has 0 saturated carbocycles. The van der Waals surface area contributed by atoms with E-state index in [1.54, 1.807) is 18.2 Å². The third-order valence-corrected chi connectivity index (χ3v) is 1.69. The highest BCUT2D eigenvalue weighted by Crippen LogP contribution is 2.39. The van der Waals surface area contributed by atoms with Gasteiger partial charge in [-0.2, -0.15) is 4.39 Å². The van der Waals surface area contributed by atoms with E-state index in [0.717, 1.165) is 0 Å². The van der Waals surface area contributed by atoms with Gasteiger partial charge in [0.25, 0.3) is 6.36 Å². The minimum absolute atomic E-state index is 0.306. The molecule has 1 nitrogen and oxygen atoms in total. The van der Waals surface area contributed by atoms with E-state index in [1.165, 1.54) is 6.07 Å². The maximum absolute atomic E-state index is 12.8. The molecule has 0 unspecified atom stereocenters. The van der Waals surface area contributed by atoms with Crippen LogP contribution in [0.1, 0.15) is 11.7 Å². The van der Waals surface area contributed by atoms with Crippen LogP contribution < -0.4 is 4.74 Å². The molecular formula is C8H6F2O. The molecule has 11 heavy (non-hydrogen) atoms. The average Bonchev–Trinajstić information content (AvgIpc) is 2.30. The number of alkyl halides is 2. The molecule has 0 amide bonds. The van der Waals surface area contributed by atoms with Crippen LogP contribution in [0.25, 0.3) is 0 Å². The summed E-state index contributed by atoms with van der Waals surface area (Å²) in [6, 6.07) is 6.43. The van der Waals surface area contributed by atoms with Gasteiger partial charge in [-0.25, -0.2) is 4.39 Å². The topological polar surface area (TPSA) is 9.23 Å². The molecule has 1 aromatic carbocycles. The predicted molar refractivity (Wildman–Crippen MR) is 35.8 cm³/mol. The third kappa shape index (κ3) is 0.878. The van der Waals surface area contributed by atoms with Crippen LogP contribution in [0.3, 0.4) is 0 Å². The van der Waals surface area contributed by atoms with E-state index < -0.39 is 12.5 Å². The molecule has 1 aliphatic heterocycles. The standard InChI is InChI=1S/C8H6F2O/c9-7-5-3-1-2-4-6(5)11-8(7)10/h1-4,7-8H/t7-,8+/m1/s1. The Morgan fingerprint density at radius 3 is 2.64 bits per heavy atom. The van der Waals surface area contributed by atoms with Gasteiger partial charge < -0.3 is 4.74 Å².